The van der Waals surface area contributed by atoms with E-state index in [0.717, 1.165) is 0 Å². The Morgan fingerprint density at radius 3 is 2.25 bits per heavy atom. The lowest BCUT2D eigenvalue weighted by molar-refractivity contribution is -0.0436. The lowest BCUT2D eigenvalue weighted by atomic mass is 10.2. The summed E-state index contributed by atoms with van der Waals surface area (Å²) in [7, 11) is -5.50. The van der Waals surface area contributed by atoms with Crippen molar-refractivity contribution in [2.24, 2.45) is 0 Å². The number of hydrogen-bond donors (Lipinski definition) is 1. The average Bonchev–Trinajstić information content (AvgIpc) is 2.16. The van der Waals surface area contributed by atoms with E-state index in [1.807, 2.05) is 0 Å². The molecule has 1 rings (SSSR count). The zero-order valence-corrected chi connectivity index (χ0v) is 8.34. The minimum absolute atomic E-state index is 0.0602. The number of carbonyl (C=O) groups excluding carboxylic acids is 1. The van der Waals surface area contributed by atoms with Crippen molar-refractivity contribution < 1.29 is 31.5 Å². The topological polar surface area (TPSA) is 71.4 Å². The van der Waals surface area contributed by atoms with Crippen LogP contribution in [0.5, 0.6) is 5.75 Å². The Kier molecular flexibility index (Phi) is 2.95. The zero-order chi connectivity index (χ0) is 12.6. The van der Waals surface area contributed by atoms with E-state index in [2.05, 4.69) is 0 Å². The first-order chi connectivity index (χ1) is 7.20. The van der Waals surface area contributed by atoms with Gasteiger partial charge in [0.05, 0.1) is 10.5 Å². The highest BCUT2D eigenvalue weighted by molar-refractivity contribution is 7.92. The fourth-order valence-electron chi connectivity index (χ4n) is 0.928. The third kappa shape index (κ3) is 2.01. The molecule has 0 heterocycles. The number of hydrogen-bond acceptors (Lipinski definition) is 4. The number of sulfone groups is 1. The Morgan fingerprint density at radius 2 is 1.81 bits per heavy atom. The number of alkyl halides is 3. The molecule has 0 fully saturated rings. The molecule has 0 atom stereocenters. The van der Waals surface area contributed by atoms with Gasteiger partial charge in [-0.05, 0) is 18.2 Å². The first-order valence-corrected chi connectivity index (χ1v) is 5.28. The van der Waals surface area contributed by atoms with Gasteiger partial charge in [0.2, 0.25) is 0 Å². The van der Waals surface area contributed by atoms with Crippen LogP contribution in [-0.4, -0.2) is 25.3 Å². The van der Waals surface area contributed by atoms with Gasteiger partial charge in [-0.2, -0.15) is 13.2 Å². The summed E-state index contributed by atoms with van der Waals surface area (Å²) in [4.78, 5) is 9.24. The Bertz CT molecular complexity index is 519. The van der Waals surface area contributed by atoms with Crippen LogP contribution in [0.15, 0.2) is 23.1 Å². The maximum Gasteiger partial charge on any atom is 0.501 e. The molecule has 16 heavy (non-hydrogen) atoms. The molecule has 0 aromatic heterocycles. The van der Waals surface area contributed by atoms with Crippen LogP contribution < -0.4 is 0 Å². The van der Waals surface area contributed by atoms with Gasteiger partial charge in [-0.1, -0.05) is 0 Å². The summed E-state index contributed by atoms with van der Waals surface area (Å²) in [6, 6.07) is 1.75. The van der Waals surface area contributed by atoms with Crippen LogP contribution in [0.3, 0.4) is 0 Å². The van der Waals surface area contributed by atoms with Crippen LogP contribution in [-0.2, 0) is 9.84 Å². The van der Waals surface area contributed by atoms with Crippen LogP contribution in [0.4, 0.5) is 13.2 Å². The van der Waals surface area contributed by atoms with Crippen LogP contribution in [0, 0.1) is 0 Å². The molecule has 0 bridgehead atoms. The zero-order valence-electron chi connectivity index (χ0n) is 7.52. The highest BCUT2D eigenvalue weighted by Crippen LogP contribution is 2.31. The summed E-state index contributed by atoms with van der Waals surface area (Å²) < 4.78 is 58.2. The van der Waals surface area contributed by atoms with Crippen molar-refractivity contribution in [2.45, 2.75) is 10.4 Å². The number of rotatable bonds is 2. The first kappa shape index (κ1) is 12.5. The van der Waals surface area contributed by atoms with Gasteiger partial charge in [0.25, 0.3) is 9.84 Å². The smallest absolute Gasteiger partial charge is 0.501 e. The molecular weight excluding hydrogens is 249 g/mol. The number of carbonyl (C=O) groups is 1. The van der Waals surface area contributed by atoms with Gasteiger partial charge < -0.3 is 5.11 Å². The molecule has 1 aromatic rings. The molecule has 0 spiro atoms. The number of aldehydes is 1. The fourth-order valence-corrected chi connectivity index (χ4v) is 1.72. The van der Waals surface area contributed by atoms with Gasteiger partial charge in [0.15, 0.2) is 6.29 Å². The molecule has 0 aliphatic heterocycles. The summed E-state index contributed by atoms with van der Waals surface area (Å²) in [6.07, 6.45) is 0.0602. The molecule has 88 valence electrons. The standard InChI is InChI=1S/C8H5F3O4S/c9-8(10,11)16(14,15)6-1-2-7(13)5(3-6)4-12/h1-4,13H. The first-order valence-electron chi connectivity index (χ1n) is 3.79. The van der Waals surface area contributed by atoms with Crippen molar-refractivity contribution in [3.05, 3.63) is 23.8 Å². The maximum absolute atomic E-state index is 12.1. The molecule has 1 aromatic carbocycles. The van der Waals surface area contributed by atoms with Gasteiger partial charge in [0, 0.05) is 0 Å². The Hall–Kier alpha value is -1.57. The van der Waals surface area contributed by atoms with E-state index >= 15 is 0 Å². The van der Waals surface area contributed by atoms with Crippen LogP contribution >= 0.6 is 0 Å². The molecule has 0 unspecified atom stereocenters. The predicted octanol–water partition coefficient (Wildman–Crippen LogP) is 1.50. The fraction of sp³-hybridized carbons (Fsp3) is 0.125. The summed E-state index contributed by atoms with van der Waals surface area (Å²) in [5.41, 5.74) is -5.96. The van der Waals surface area contributed by atoms with E-state index in [-0.39, 0.29) is 6.29 Å². The highest BCUT2D eigenvalue weighted by Gasteiger charge is 2.46. The van der Waals surface area contributed by atoms with Crippen molar-refractivity contribution >= 4 is 16.1 Å². The van der Waals surface area contributed by atoms with Gasteiger partial charge in [-0.3, -0.25) is 4.79 Å². The molecule has 0 radical (unpaired) electrons. The maximum atomic E-state index is 12.1. The molecule has 1 N–H and O–H groups in total. The Labute approximate surface area is 88.2 Å². The van der Waals surface area contributed by atoms with E-state index < -0.39 is 31.6 Å². The monoisotopic (exact) mass is 254 g/mol. The molecule has 8 heteroatoms. The molecule has 0 aliphatic rings. The number of halogens is 3. The van der Waals surface area contributed by atoms with Gasteiger partial charge in [-0.25, -0.2) is 8.42 Å². The Balaban J connectivity index is 3.42. The second kappa shape index (κ2) is 3.78. The summed E-state index contributed by atoms with van der Waals surface area (Å²) in [6.45, 7) is 0. The average molecular weight is 254 g/mol. The minimum Gasteiger partial charge on any atom is -0.507 e. The van der Waals surface area contributed by atoms with Crippen molar-refractivity contribution in [3.63, 3.8) is 0 Å². The molecule has 0 aliphatic carbocycles. The second-order valence-corrected chi connectivity index (χ2v) is 4.73. The van der Waals surface area contributed by atoms with Crippen molar-refractivity contribution in [1.82, 2.24) is 0 Å². The number of phenols is 1. The summed E-state index contributed by atoms with van der Waals surface area (Å²) in [5.74, 6) is -0.587. The Morgan fingerprint density at radius 1 is 1.25 bits per heavy atom. The quantitative estimate of drug-likeness (QED) is 0.812. The lowest BCUT2D eigenvalue weighted by Crippen LogP contribution is -2.23. The minimum atomic E-state index is -5.50. The van der Waals surface area contributed by atoms with Crippen molar-refractivity contribution in [1.29, 1.82) is 0 Å². The molecule has 4 nitrogen and oxygen atoms in total. The normalized spacial score (nSPS) is 12.4. The third-order valence-corrected chi connectivity index (χ3v) is 3.22. The van der Waals surface area contributed by atoms with E-state index in [1.54, 1.807) is 0 Å². The van der Waals surface area contributed by atoms with Crippen LogP contribution in [0.1, 0.15) is 10.4 Å². The largest absolute Gasteiger partial charge is 0.507 e. The van der Waals surface area contributed by atoms with E-state index in [0.29, 0.717) is 18.2 Å². The van der Waals surface area contributed by atoms with E-state index in [9.17, 15) is 26.4 Å². The van der Waals surface area contributed by atoms with Crippen LogP contribution in [0.25, 0.3) is 0 Å². The van der Waals surface area contributed by atoms with Crippen molar-refractivity contribution in [3.8, 4) is 5.75 Å². The van der Waals surface area contributed by atoms with Crippen LogP contribution in [0.2, 0.25) is 0 Å². The molecular formula is C8H5F3O4S. The summed E-state index contributed by atoms with van der Waals surface area (Å²) in [5, 5.41) is 9.00. The summed E-state index contributed by atoms with van der Waals surface area (Å²) >= 11 is 0. The second-order valence-electron chi connectivity index (χ2n) is 2.79. The predicted molar refractivity (Wildman–Crippen MR) is 46.7 cm³/mol. The van der Waals surface area contributed by atoms with Gasteiger partial charge in [-0.15, -0.1) is 0 Å². The molecule has 0 saturated carbocycles. The highest BCUT2D eigenvalue weighted by atomic mass is 32.2. The number of aromatic hydroxyl groups is 1. The SMILES string of the molecule is O=Cc1cc(S(=O)(=O)C(F)(F)F)ccc1O. The van der Waals surface area contributed by atoms with Crippen molar-refractivity contribution in [2.75, 3.05) is 0 Å². The van der Waals surface area contributed by atoms with E-state index in [4.69, 9.17) is 5.11 Å². The van der Waals surface area contributed by atoms with E-state index in [1.165, 1.54) is 0 Å². The third-order valence-electron chi connectivity index (χ3n) is 1.74. The molecule has 0 saturated heterocycles. The lowest BCUT2D eigenvalue weighted by Gasteiger charge is -2.08. The molecule has 0 amide bonds. The van der Waals surface area contributed by atoms with Gasteiger partial charge >= 0.3 is 5.51 Å². The van der Waals surface area contributed by atoms with Gasteiger partial charge in [0.1, 0.15) is 5.75 Å². The number of benzene rings is 1. The number of phenolic OH excluding ortho intramolecular Hbond substituents is 1.